The number of aryl methyl sites for hydroxylation is 4. The predicted octanol–water partition coefficient (Wildman–Crippen LogP) is 11.7. The Kier molecular flexibility index (Phi) is 23.1. The summed E-state index contributed by atoms with van der Waals surface area (Å²) >= 11 is 0. The summed E-state index contributed by atoms with van der Waals surface area (Å²) in [5.74, 6) is -0.755. The van der Waals surface area contributed by atoms with Crippen molar-refractivity contribution in [2.75, 3.05) is 14.2 Å². The third kappa shape index (κ3) is 17.1. The number of ether oxygens (including phenoxy) is 2. The second-order valence-electron chi connectivity index (χ2n) is 16.5. The smallest absolute Gasteiger partial charge is 0.306 e. The number of benzene rings is 2. The Labute approximate surface area is 368 Å². The van der Waals surface area contributed by atoms with Crippen LogP contribution in [0.3, 0.4) is 0 Å². The first-order valence-corrected chi connectivity index (χ1v) is 21.1. The van der Waals surface area contributed by atoms with Crippen LogP contribution in [0.4, 0.5) is 0 Å². The van der Waals surface area contributed by atoms with Crippen molar-refractivity contribution < 1.29 is 35.1 Å². The Balaban J connectivity index is 0.000000574. The van der Waals surface area contributed by atoms with Crippen molar-refractivity contribution in [2.24, 2.45) is 17.8 Å². The summed E-state index contributed by atoms with van der Waals surface area (Å²) in [4.78, 5) is 58.2. The first-order chi connectivity index (χ1) is 28.9. The number of aliphatic hydroxyl groups is 1. The van der Waals surface area contributed by atoms with E-state index in [1.807, 2.05) is 71.1 Å². The molecule has 334 valence electrons. The average Bonchev–Trinajstić information content (AvgIpc) is 3.20. The van der Waals surface area contributed by atoms with Gasteiger partial charge in [-0.1, -0.05) is 92.3 Å². The number of esters is 2. The molecule has 2 aromatic carbocycles. The lowest BCUT2D eigenvalue weighted by Crippen LogP contribution is -2.25. The topological polar surface area (TPSA) is 133 Å². The number of carbonyl (C=O) groups excluding carboxylic acids is 4. The van der Waals surface area contributed by atoms with E-state index in [2.05, 4.69) is 55.9 Å². The molecule has 2 unspecified atom stereocenters. The molecule has 0 aliphatic carbocycles. The molecule has 0 saturated heterocycles. The molecule has 9 heteroatoms. The fourth-order valence-electron chi connectivity index (χ4n) is 7.60. The van der Waals surface area contributed by atoms with E-state index in [4.69, 9.17) is 10.8 Å². The molecule has 4 atom stereocenters. The fourth-order valence-corrected chi connectivity index (χ4v) is 7.60. The standard InChI is InChI=1S/C25H33NO3.C24H31NO4.C2H6.CH4/c1-16(2)10-19(5)23(27)12-20(13-24(28)29-6)21-11-22(15-26-14-21)25-17(3)8-7-9-18(25)4;1-15(2)9-21(26)22(27)11-18(12-23(28)29-5)19-10-20(14-25-13-19)24-16(3)7-6-8-17(24)4;1-2;/h7-9,11,14-16,19-20H,10,12-13H2,1-6H3;6-8,10,13-15,18,21,26H,9,11-12H2,1-5H3;1-2H3;1H4/t19-,20?;18?,21-;;/m11../s1/i;;1D;. The summed E-state index contributed by atoms with van der Waals surface area (Å²) in [6.07, 6.45) is 7.96. The number of rotatable bonds is 18. The number of ketones is 2. The maximum absolute atomic E-state index is 12.8. The molecular formula is C52H74N2O7. The number of aromatic nitrogens is 2. The number of nitrogens with zero attached hydrogens (tertiary/aromatic N) is 2. The van der Waals surface area contributed by atoms with Crippen LogP contribution in [0, 0.1) is 45.4 Å². The van der Waals surface area contributed by atoms with Crippen molar-refractivity contribution in [3.63, 3.8) is 0 Å². The average molecular weight is 840 g/mol. The van der Waals surface area contributed by atoms with E-state index in [1.54, 1.807) is 25.5 Å². The van der Waals surface area contributed by atoms with E-state index in [0.29, 0.717) is 25.7 Å². The van der Waals surface area contributed by atoms with Crippen molar-refractivity contribution in [3.05, 3.63) is 107 Å². The van der Waals surface area contributed by atoms with Crippen molar-refractivity contribution in [1.82, 2.24) is 9.97 Å². The molecule has 1 N–H and O–H groups in total. The molecule has 0 saturated carbocycles. The second kappa shape index (κ2) is 27.0. The number of carbonyl (C=O) groups is 4. The summed E-state index contributed by atoms with van der Waals surface area (Å²) in [7, 11) is 2.72. The number of hydrogen-bond acceptors (Lipinski definition) is 9. The minimum absolute atomic E-state index is 0. The number of methoxy groups -OCH3 is 2. The normalized spacial score (nSPS) is 12.9. The van der Waals surface area contributed by atoms with Crippen LogP contribution in [0.2, 0.25) is 0 Å². The third-order valence-corrected chi connectivity index (χ3v) is 10.6. The monoisotopic (exact) mass is 840 g/mol. The maximum atomic E-state index is 12.8. The van der Waals surface area contributed by atoms with Gasteiger partial charge in [-0.2, -0.15) is 0 Å². The number of aliphatic hydroxyl groups excluding tert-OH is 1. The summed E-state index contributed by atoms with van der Waals surface area (Å²) in [6, 6.07) is 16.4. The van der Waals surface area contributed by atoms with Gasteiger partial charge in [0.2, 0.25) is 0 Å². The molecule has 0 aliphatic heterocycles. The SMILES string of the molecule is C.COC(=O)CC(CC(=O)[C@H](C)CC(C)C)c1cncc(-c2c(C)cccc2C)c1.COC(=O)CC(CC(=O)[C@H](O)CC(C)C)c1cncc(-c2c(C)cccc2C)c1.[2H]CC. The number of pyridine rings is 2. The molecule has 2 aromatic heterocycles. The minimum Gasteiger partial charge on any atom is -0.469 e. The van der Waals surface area contributed by atoms with Crippen LogP contribution < -0.4 is 0 Å². The largest absolute Gasteiger partial charge is 0.469 e. The van der Waals surface area contributed by atoms with Gasteiger partial charge >= 0.3 is 11.9 Å². The van der Waals surface area contributed by atoms with Crippen molar-refractivity contribution in [1.29, 1.82) is 0 Å². The lowest BCUT2D eigenvalue weighted by molar-refractivity contribution is -0.142. The highest BCUT2D eigenvalue weighted by Crippen LogP contribution is 2.34. The Morgan fingerprint density at radius 1 is 0.623 bits per heavy atom. The van der Waals surface area contributed by atoms with Crippen LogP contribution in [0.5, 0.6) is 0 Å². The molecule has 4 rings (SSSR count). The zero-order valence-corrected chi connectivity index (χ0v) is 38.1. The van der Waals surface area contributed by atoms with Crippen LogP contribution in [0.25, 0.3) is 22.3 Å². The molecule has 4 aromatic rings. The van der Waals surface area contributed by atoms with Gasteiger partial charge in [0.25, 0.3) is 0 Å². The van der Waals surface area contributed by atoms with Crippen molar-refractivity contribution in [3.8, 4) is 22.3 Å². The van der Waals surface area contributed by atoms with Crippen molar-refractivity contribution >= 4 is 23.5 Å². The summed E-state index contributed by atoms with van der Waals surface area (Å²) < 4.78 is 15.9. The van der Waals surface area contributed by atoms with Crippen LogP contribution in [0.15, 0.2) is 73.3 Å². The van der Waals surface area contributed by atoms with Gasteiger partial charge in [-0.25, -0.2) is 0 Å². The molecule has 0 bridgehead atoms. The first-order valence-electron chi connectivity index (χ1n) is 21.8. The highest BCUT2D eigenvalue weighted by Gasteiger charge is 2.26. The van der Waals surface area contributed by atoms with Crippen LogP contribution >= 0.6 is 0 Å². The maximum Gasteiger partial charge on any atom is 0.306 e. The highest BCUT2D eigenvalue weighted by atomic mass is 16.5. The Morgan fingerprint density at radius 2 is 0.984 bits per heavy atom. The number of Topliss-reactive ketones (excluding diaryl/α,β-unsaturated/α-hetero) is 2. The summed E-state index contributed by atoms with van der Waals surface area (Å²) in [6.45, 7) is 20.7. The summed E-state index contributed by atoms with van der Waals surface area (Å²) in [5, 5.41) is 10.2. The molecule has 2 heterocycles. The van der Waals surface area contributed by atoms with Gasteiger partial charge in [0.1, 0.15) is 11.9 Å². The Hall–Kier alpha value is -5.02. The molecule has 0 amide bonds. The van der Waals surface area contributed by atoms with Gasteiger partial charge in [-0.05, 0) is 109 Å². The highest BCUT2D eigenvalue weighted by molar-refractivity contribution is 5.85. The lowest BCUT2D eigenvalue weighted by Gasteiger charge is -2.20. The quantitative estimate of drug-likeness (QED) is 0.0972. The van der Waals surface area contributed by atoms with Gasteiger partial charge in [0, 0.05) is 67.9 Å². The number of hydrogen-bond donors (Lipinski definition) is 1. The van der Waals surface area contributed by atoms with Gasteiger partial charge in [0.15, 0.2) is 5.78 Å². The molecule has 61 heavy (non-hydrogen) atoms. The second-order valence-corrected chi connectivity index (χ2v) is 16.5. The van der Waals surface area contributed by atoms with Crippen LogP contribution in [-0.2, 0) is 28.7 Å². The van der Waals surface area contributed by atoms with Gasteiger partial charge < -0.3 is 14.6 Å². The molecule has 0 spiro atoms. The zero-order chi connectivity index (χ0) is 45.8. The molecular weight excluding hydrogens is 765 g/mol. The molecule has 9 nitrogen and oxygen atoms in total. The van der Waals surface area contributed by atoms with Gasteiger partial charge in [0.05, 0.1) is 27.1 Å². The van der Waals surface area contributed by atoms with Crippen LogP contribution in [-0.4, -0.2) is 58.9 Å². The third-order valence-electron chi connectivity index (χ3n) is 10.6. The fraction of sp³-hybridized carbons (Fsp3) is 0.500. The molecule has 0 fully saturated rings. The minimum atomic E-state index is -1.02. The van der Waals surface area contributed by atoms with Gasteiger partial charge in [-0.15, -0.1) is 0 Å². The van der Waals surface area contributed by atoms with Crippen LogP contribution in [0.1, 0.15) is 141 Å². The van der Waals surface area contributed by atoms with E-state index in [9.17, 15) is 24.3 Å². The van der Waals surface area contributed by atoms with E-state index < -0.39 is 18.0 Å². The zero-order valence-electron chi connectivity index (χ0n) is 39.1. The lowest BCUT2D eigenvalue weighted by atomic mass is 9.84. The van der Waals surface area contributed by atoms with Gasteiger partial charge in [-0.3, -0.25) is 29.1 Å². The molecule has 0 aliphatic rings. The van der Waals surface area contributed by atoms with E-state index in [0.717, 1.165) is 50.9 Å². The van der Waals surface area contributed by atoms with E-state index >= 15 is 0 Å². The van der Waals surface area contributed by atoms with E-state index in [1.165, 1.54) is 25.3 Å². The van der Waals surface area contributed by atoms with E-state index in [-0.39, 0.29) is 62.0 Å². The Morgan fingerprint density at radius 3 is 1.33 bits per heavy atom. The Bertz CT molecular complexity index is 1840. The molecule has 0 radical (unpaired) electrons. The van der Waals surface area contributed by atoms with Crippen molar-refractivity contribution in [2.45, 2.75) is 140 Å². The first kappa shape index (κ1) is 52.1. The summed E-state index contributed by atoms with van der Waals surface area (Å²) in [5.41, 5.74) is 10.5. The predicted molar refractivity (Wildman–Crippen MR) is 248 cm³/mol.